The fourth-order valence-electron chi connectivity index (χ4n) is 6.15. The van der Waals surface area contributed by atoms with Crippen molar-refractivity contribution in [3.8, 4) is 23.6 Å². The number of urea groups is 1. The van der Waals surface area contributed by atoms with Crippen LogP contribution < -0.4 is 24.0 Å². The first-order valence-corrected chi connectivity index (χ1v) is 16.8. The summed E-state index contributed by atoms with van der Waals surface area (Å²) in [6, 6.07) is 23.6. The zero-order chi connectivity index (χ0) is 34.8. The van der Waals surface area contributed by atoms with Gasteiger partial charge >= 0.3 is 6.03 Å². The number of sulfonamides is 1. The highest BCUT2D eigenvalue weighted by atomic mass is 32.2. The number of rotatable bonds is 8. The van der Waals surface area contributed by atoms with E-state index in [0.717, 1.165) is 0 Å². The molecule has 3 amide bonds. The van der Waals surface area contributed by atoms with Gasteiger partial charge in [-0.1, -0.05) is 30.3 Å². The van der Waals surface area contributed by atoms with E-state index >= 15 is 4.79 Å². The molecule has 3 aromatic carbocycles. The fourth-order valence-corrected chi connectivity index (χ4v) is 7.78. The zero-order valence-electron chi connectivity index (χ0n) is 26.7. The summed E-state index contributed by atoms with van der Waals surface area (Å²) < 4.78 is 40.9. The molecular weight excluding hydrogens is 646 g/mol. The summed E-state index contributed by atoms with van der Waals surface area (Å²) in [6.45, 7) is 3.30. The van der Waals surface area contributed by atoms with Gasteiger partial charge in [-0.2, -0.15) is 14.8 Å². The van der Waals surface area contributed by atoms with Gasteiger partial charge in [0.05, 0.1) is 36.6 Å². The summed E-state index contributed by atoms with van der Waals surface area (Å²) in [4.78, 5) is 36.9. The van der Waals surface area contributed by atoms with Crippen molar-refractivity contribution < 1.29 is 27.5 Å². The predicted molar refractivity (Wildman–Crippen MR) is 178 cm³/mol. The van der Waals surface area contributed by atoms with Crippen molar-refractivity contribution in [2.45, 2.75) is 17.4 Å². The number of hydrogen-bond donors (Lipinski definition) is 1. The highest BCUT2D eigenvalue weighted by molar-refractivity contribution is 7.93. The van der Waals surface area contributed by atoms with Crippen LogP contribution in [0.3, 0.4) is 0 Å². The molecule has 0 radical (unpaired) electrons. The monoisotopic (exact) mass is 677 g/mol. The van der Waals surface area contributed by atoms with Crippen molar-refractivity contribution in [3.05, 3.63) is 107 Å². The van der Waals surface area contributed by atoms with Crippen molar-refractivity contribution in [1.29, 1.82) is 10.5 Å². The molecule has 2 aliphatic heterocycles. The second-order valence-electron chi connectivity index (χ2n) is 11.2. The number of carbonyl (C=O) groups excluding carboxylic acids is 2. The van der Waals surface area contributed by atoms with Gasteiger partial charge in [-0.25, -0.2) is 18.2 Å². The average molecular weight is 678 g/mol. The molecule has 13 nitrogen and oxygen atoms in total. The summed E-state index contributed by atoms with van der Waals surface area (Å²) in [5.41, 5.74) is -1.27. The Hall–Kier alpha value is -6.12. The van der Waals surface area contributed by atoms with E-state index in [-0.39, 0.29) is 58.5 Å². The molecule has 4 aromatic rings. The van der Waals surface area contributed by atoms with Gasteiger partial charge in [0, 0.05) is 43.5 Å². The SMILES string of the molecule is CCOc1ccccc1C1(NC(=O)N2CCN(c3ccc(C#N)cn3)CC2)C(=O)N(S(=O)(=O)c2ccccc2OC)c2ccc(C#N)cc21. The van der Waals surface area contributed by atoms with Gasteiger partial charge in [0.15, 0.2) is 5.54 Å². The molecule has 248 valence electrons. The maximum absolute atomic E-state index is 15.1. The molecule has 0 bridgehead atoms. The number of nitriles is 2. The molecule has 1 saturated heterocycles. The Morgan fingerprint density at radius 1 is 0.918 bits per heavy atom. The quantitative estimate of drug-likeness (QED) is 0.290. The van der Waals surface area contributed by atoms with Crippen LogP contribution in [0.15, 0.2) is 90.0 Å². The van der Waals surface area contributed by atoms with Gasteiger partial charge < -0.3 is 24.6 Å². The Bertz CT molecular complexity index is 2120. The minimum Gasteiger partial charge on any atom is -0.495 e. The first kappa shape index (κ1) is 32.8. The molecule has 0 aliphatic carbocycles. The molecule has 1 fully saturated rings. The molecular formula is C35H31N7O6S. The van der Waals surface area contributed by atoms with Crippen LogP contribution in [-0.2, 0) is 20.4 Å². The van der Waals surface area contributed by atoms with E-state index in [1.807, 2.05) is 11.0 Å². The molecule has 49 heavy (non-hydrogen) atoms. The number of methoxy groups -OCH3 is 1. The number of nitrogens with zero attached hydrogens (tertiary/aromatic N) is 6. The number of pyridine rings is 1. The highest BCUT2D eigenvalue weighted by Gasteiger charge is 2.59. The van der Waals surface area contributed by atoms with Gasteiger partial charge in [-0.3, -0.25) is 4.79 Å². The second kappa shape index (κ2) is 13.2. The Kier molecular flexibility index (Phi) is 8.82. The number of amides is 3. The summed E-state index contributed by atoms with van der Waals surface area (Å²) in [6.07, 6.45) is 1.48. The molecule has 1 N–H and O–H groups in total. The first-order valence-electron chi connectivity index (χ1n) is 15.4. The van der Waals surface area contributed by atoms with Crippen LogP contribution in [0.4, 0.5) is 16.3 Å². The van der Waals surface area contributed by atoms with Gasteiger partial charge in [-0.15, -0.1) is 0 Å². The van der Waals surface area contributed by atoms with Gasteiger partial charge in [-0.05, 0) is 55.5 Å². The van der Waals surface area contributed by atoms with Crippen LogP contribution in [0.5, 0.6) is 11.5 Å². The number of hydrogen-bond acceptors (Lipinski definition) is 10. The smallest absolute Gasteiger partial charge is 0.318 e. The predicted octanol–water partition coefficient (Wildman–Crippen LogP) is 3.74. The van der Waals surface area contributed by atoms with Crippen molar-refractivity contribution in [1.82, 2.24) is 15.2 Å². The third-order valence-electron chi connectivity index (χ3n) is 8.49. The highest BCUT2D eigenvalue weighted by Crippen LogP contribution is 2.50. The molecule has 0 spiro atoms. The number of fused-ring (bicyclic) bond motifs is 1. The van der Waals surface area contributed by atoms with Crippen LogP contribution >= 0.6 is 0 Å². The lowest BCUT2D eigenvalue weighted by molar-refractivity contribution is -0.121. The van der Waals surface area contributed by atoms with E-state index in [4.69, 9.17) is 14.7 Å². The summed E-state index contributed by atoms with van der Waals surface area (Å²) in [7, 11) is -3.31. The van der Waals surface area contributed by atoms with Crippen LogP contribution in [0.2, 0.25) is 0 Å². The largest absolute Gasteiger partial charge is 0.495 e. The van der Waals surface area contributed by atoms with Crippen molar-refractivity contribution in [2.75, 3.05) is 49.1 Å². The van der Waals surface area contributed by atoms with E-state index in [1.54, 1.807) is 49.4 Å². The van der Waals surface area contributed by atoms with Gasteiger partial charge in [0.2, 0.25) is 0 Å². The van der Waals surface area contributed by atoms with E-state index in [9.17, 15) is 18.5 Å². The van der Waals surface area contributed by atoms with Crippen LogP contribution in [-0.4, -0.2) is 70.1 Å². The standard InChI is InChI=1S/C35H31N7O6S/c1-3-48-29-9-5-4-8-26(29)35(39-34(44)41-18-16-40(17-19-41)32-15-13-25(22-37)23-38-32)27-20-24(21-36)12-14-28(27)42(33(35)43)49(45,46)31-11-7-6-10-30(31)47-2/h4-15,20,23H,3,16-19H2,1-2H3,(H,39,44). The molecule has 3 heterocycles. The van der Waals surface area contributed by atoms with Crippen molar-refractivity contribution in [2.24, 2.45) is 0 Å². The molecule has 1 unspecified atom stereocenters. The van der Waals surface area contributed by atoms with Gasteiger partial charge in [0.25, 0.3) is 15.9 Å². The molecule has 1 aromatic heterocycles. The minimum absolute atomic E-state index is 0.0244. The molecule has 1 atom stereocenters. The number of carbonyl (C=O) groups is 2. The number of aromatic nitrogens is 1. The Morgan fingerprint density at radius 3 is 2.24 bits per heavy atom. The second-order valence-corrected chi connectivity index (χ2v) is 12.9. The summed E-state index contributed by atoms with van der Waals surface area (Å²) in [5, 5.41) is 21.9. The Labute approximate surface area is 283 Å². The third-order valence-corrected chi connectivity index (χ3v) is 10.2. The van der Waals surface area contributed by atoms with Crippen molar-refractivity contribution >= 4 is 33.5 Å². The lowest BCUT2D eigenvalue weighted by Crippen LogP contribution is -2.60. The van der Waals surface area contributed by atoms with Crippen LogP contribution in [0.25, 0.3) is 0 Å². The van der Waals surface area contributed by atoms with E-state index < -0.39 is 27.5 Å². The number of anilines is 2. The maximum atomic E-state index is 15.1. The fraction of sp³-hybridized carbons (Fsp3) is 0.229. The maximum Gasteiger partial charge on any atom is 0.318 e. The number of piperazine rings is 1. The zero-order valence-corrected chi connectivity index (χ0v) is 27.5. The first-order chi connectivity index (χ1) is 23.7. The van der Waals surface area contributed by atoms with E-state index in [2.05, 4.69) is 16.4 Å². The summed E-state index contributed by atoms with van der Waals surface area (Å²) >= 11 is 0. The average Bonchev–Trinajstić information content (AvgIpc) is 3.39. The molecule has 0 saturated carbocycles. The summed E-state index contributed by atoms with van der Waals surface area (Å²) in [5.74, 6) is -0.0525. The number of para-hydroxylation sites is 2. The lowest BCUT2D eigenvalue weighted by Gasteiger charge is -2.38. The number of ether oxygens (including phenoxy) is 2. The van der Waals surface area contributed by atoms with E-state index in [1.165, 1.54) is 54.6 Å². The normalized spacial score (nSPS) is 17.1. The Morgan fingerprint density at radius 2 is 1.59 bits per heavy atom. The minimum atomic E-state index is -4.64. The van der Waals surface area contributed by atoms with Crippen molar-refractivity contribution in [3.63, 3.8) is 0 Å². The van der Waals surface area contributed by atoms with Crippen LogP contribution in [0, 0.1) is 22.7 Å². The number of benzene rings is 3. The lowest BCUT2D eigenvalue weighted by atomic mass is 9.82. The van der Waals surface area contributed by atoms with E-state index in [0.29, 0.717) is 28.8 Å². The topological polar surface area (TPSA) is 169 Å². The van der Waals surface area contributed by atoms with Gasteiger partial charge in [0.1, 0.15) is 28.3 Å². The molecule has 14 heteroatoms. The Balaban J connectivity index is 1.46. The third kappa shape index (κ3) is 5.62. The number of nitrogens with one attached hydrogen (secondary N) is 1. The van der Waals surface area contributed by atoms with Crippen LogP contribution in [0.1, 0.15) is 29.2 Å². The molecule has 2 aliphatic rings. The molecule has 6 rings (SSSR count).